The van der Waals surface area contributed by atoms with E-state index in [-0.39, 0.29) is 11.8 Å². The second-order valence-corrected chi connectivity index (χ2v) is 6.59. The van der Waals surface area contributed by atoms with Crippen LogP contribution >= 0.6 is 11.8 Å². The molecule has 0 amide bonds. The summed E-state index contributed by atoms with van der Waals surface area (Å²) in [6.45, 7) is 2.88. The topological polar surface area (TPSA) is 58.2 Å². The molecule has 16 heavy (non-hydrogen) atoms. The lowest BCUT2D eigenvalue weighted by Gasteiger charge is -2.15. The first-order chi connectivity index (χ1) is 7.55. The zero-order valence-electron chi connectivity index (χ0n) is 10.5. The van der Waals surface area contributed by atoms with Gasteiger partial charge in [0.25, 0.3) is 0 Å². The van der Waals surface area contributed by atoms with Crippen LogP contribution in [0.15, 0.2) is 0 Å². The Morgan fingerprint density at radius 1 is 1.31 bits per heavy atom. The van der Waals surface area contributed by atoms with Gasteiger partial charge in [-0.3, -0.25) is 0 Å². The van der Waals surface area contributed by atoms with E-state index in [0.29, 0.717) is 6.42 Å². The molecule has 0 saturated heterocycles. The zero-order chi connectivity index (χ0) is 12.4. The first kappa shape index (κ1) is 16.2. The summed E-state index contributed by atoms with van der Waals surface area (Å²) in [6.07, 6.45) is 4.45. The SMILES string of the molecule is CCC(CSC)NS(=O)(=O)CCCCNC. The molecule has 0 aromatic carbocycles. The van der Waals surface area contributed by atoms with Crippen molar-refractivity contribution in [3.63, 3.8) is 0 Å². The molecule has 0 rings (SSSR count). The standard InChI is InChI=1S/C10H24N2O2S2/c1-4-10(9-15-3)12-16(13,14)8-6-5-7-11-2/h10-12H,4-9H2,1-3H3. The summed E-state index contributed by atoms with van der Waals surface area (Å²) in [7, 11) is -1.21. The van der Waals surface area contributed by atoms with Crippen molar-refractivity contribution in [1.29, 1.82) is 0 Å². The Morgan fingerprint density at radius 3 is 2.50 bits per heavy atom. The summed E-state index contributed by atoms with van der Waals surface area (Å²) in [5.74, 6) is 1.08. The molecular formula is C10H24N2O2S2. The van der Waals surface area contributed by atoms with Crippen molar-refractivity contribution in [2.75, 3.05) is 31.4 Å². The van der Waals surface area contributed by atoms with Gasteiger partial charge in [0, 0.05) is 11.8 Å². The van der Waals surface area contributed by atoms with Gasteiger partial charge in [-0.05, 0) is 39.1 Å². The Kier molecular flexibility index (Phi) is 9.40. The van der Waals surface area contributed by atoms with Crippen LogP contribution in [0.25, 0.3) is 0 Å². The smallest absolute Gasteiger partial charge is 0.211 e. The normalized spacial score (nSPS) is 13.9. The third-order valence-electron chi connectivity index (χ3n) is 2.30. The van der Waals surface area contributed by atoms with Gasteiger partial charge >= 0.3 is 0 Å². The molecule has 1 atom stereocenters. The van der Waals surface area contributed by atoms with Gasteiger partial charge in [-0.15, -0.1) is 0 Å². The van der Waals surface area contributed by atoms with Gasteiger partial charge in [-0.2, -0.15) is 11.8 Å². The van der Waals surface area contributed by atoms with Crippen molar-refractivity contribution >= 4 is 21.8 Å². The van der Waals surface area contributed by atoms with E-state index in [1.54, 1.807) is 11.8 Å². The van der Waals surface area contributed by atoms with E-state index in [2.05, 4.69) is 10.0 Å². The number of unbranched alkanes of at least 4 members (excludes halogenated alkanes) is 1. The predicted molar refractivity (Wildman–Crippen MR) is 72.5 cm³/mol. The monoisotopic (exact) mass is 268 g/mol. The molecule has 0 radical (unpaired) electrons. The maximum absolute atomic E-state index is 11.7. The van der Waals surface area contributed by atoms with E-state index in [1.165, 1.54) is 0 Å². The van der Waals surface area contributed by atoms with E-state index in [9.17, 15) is 8.42 Å². The van der Waals surface area contributed by atoms with Crippen molar-refractivity contribution in [2.45, 2.75) is 32.2 Å². The average Bonchev–Trinajstić information content (AvgIpc) is 2.23. The molecule has 0 spiro atoms. The Hall–Kier alpha value is 0.220. The van der Waals surface area contributed by atoms with E-state index >= 15 is 0 Å². The van der Waals surface area contributed by atoms with Gasteiger partial charge in [0.2, 0.25) is 10.0 Å². The molecule has 0 bridgehead atoms. The van der Waals surface area contributed by atoms with E-state index in [0.717, 1.165) is 25.1 Å². The van der Waals surface area contributed by atoms with Crippen molar-refractivity contribution in [3.8, 4) is 0 Å². The molecular weight excluding hydrogens is 244 g/mol. The first-order valence-corrected chi connectivity index (χ1v) is 8.74. The molecule has 0 aromatic heterocycles. The van der Waals surface area contributed by atoms with Crippen molar-refractivity contribution in [2.24, 2.45) is 0 Å². The summed E-state index contributed by atoms with van der Waals surface area (Å²) in [5.41, 5.74) is 0. The molecule has 2 N–H and O–H groups in total. The van der Waals surface area contributed by atoms with Crippen molar-refractivity contribution in [3.05, 3.63) is 0 Å². The highest BCUT2D eigenvalue weighted by Crippen LogP contribution is 2.04. The van der Waals surface area contributed by atoms with Crippen LogP contribution in [0.4, 0.5) is 0 Å². The second-order valence-electron chi connectivity index (χ2n) is 3.81. The molecule has 0 aliphatic rings. The molecule has 98 valence electrons. The second kappa shape index (κ2) is 9.27. The largest absolute Gasteiger partial charge is 0.320 e. The van der Waals surface area contributed by atoms with Crippen molar-refractivity contribution < 1.29 is 8.42 Å². The van der Waals surface area contributed by atoms with Gasteiger partial charge in [0.15, 0.2) is 0 Å². The zero-order valence-corrected chi connectivity index (χ0v) is 12.1. The molecule has 0 aromatic rings. The lowest BCUT2D eigenvalue weighted by molar-refractivity contribution is 0.553. The van der Waals surface area contributed by atoms with Crippen molar-refractivity contribution in [1.82, 2.24) is 10.0 Å². The van der Waals surface area contributed by atoms with Crippen LogP contribution in [0.3, 0.4) is 0 Å². The maximum Gasteiger partial charge on any atom is 0.211 e. The van der Waals surface area contributed by atoms with Crippen LogP contribution in [0.2, 0.25) is 0 Å². The minimum atomic E-state index is -3.09. The van der Waals surface area contributed by atoms with Gasteiger partial charge in [0.1, 0.15) is 0 Å². The van der Waals surface area contributed by atoms with Gasteiger partial charge < -0.3 is 5.32 Å². The molecule has 1 unspecified atom stereocenters. The Morgan fingerprint density at radius 2 is 2.00 bits per heavy atom. The molecule has 0 fully saturated rings. The molecule has 0 saturated carbocycles. The van der Waals surface area contributed by atoms with Crippen LogP contribution in [0.5, 0.6) is 0 Å². The average molecular weight is 268 g/mol. The number of nitrogens with one attached hydrogen (secondary N) is 2. The van der Waals surface area contributed by atoms with E-state index < -0.39 is 10.0 Å². The Bertz CT molecular complexity index is 256. The van der Waals surface area contributed by atoms with E-state index in [1.807, 2.05) is 20.2 Å². The number of sulfonamides is 1. The highest BCUT2D eigenvalue weighted by atomic mass is 32.2. The first-order valence-electron chi connectivity index (χ1n) is 5.69. The quantitative estimate of drug-likeness (QED) is 0.581. The summed E-state index contributed by atoms with van der Waals surface area (Å²) in [5, 5.41) is 3.01. The summed E-state index contributed by atoms with van der Waals surface area (Å²) in [6, 6.07) is 0.0734. The molecule has 0 aliphatic heterocycles. The van der Waals surface area contributed by atoms with Gasteiger partial charge in [-0.1, -0.05) is 6.92 Å². The highest BCUT2D eigenvalue weighted by molar-refractivity contribution is 7.98. The highest BCUT2D eigenvalue weighted by Gasteiger charge is 2.15. The lowest BCUT2D eigenvalue weighted by atomic mass is 10.3. The number of thioether (sulfide) groups is 1. The summed E-state index contributed by atoms with van der Waals surface area (Å²) in [4.78, 5) is 0. The van der Waals surface area contributed by atoms with Crippen LogP contribution in [-0.4, -0.2) is 45.8 Å². The molecule has 4 nitrogen and oxygen atoms in total. The number of hydrogen-bond donors (Lipinski definition) is 2. The van der Waals surface area contributed by atoms with Gasteiger partial charge in [-0.25, -0.2) is 13.1 Å². The van der Waals surface area contributed by atoms with Crippen LogP contribution in [-0.2, 0) is 10.0 Å². The predicted octanol–water partition coefficient (Wildman–Crippen LogP) is 1.05. The summed E-state index contributed by atoms with van der Waals surface area (Å²) < 4.78 is 26.1. The fraction of sp³-hybridized carbons (Fsp3) is 1.00. The molecule has 0 aliphatic carbocycles. The Labute approximate surface area is 104 Å². The maximum atomic E-state index is 11.7. The fourth-order valence-electron chi connectivity index (χ4n) is 1.34. The third kappa shape index (κ3) is 8.38. The molecule has 6 heteroatoms. The van der Waals surface area contributed by atoms with Gasteiger partial charge in [0.05, 0.1) is 5.75 Å². The number of hydrogen-bond acceptors (Lipinski definition) is 4. The van der Waals surface area contributed by atoms with Crippen LogP contribution in [0.1, 0.15) is 26.2 Å². The Balaban J connectivity index is 3.92. The van der Waals surface area contributed by atoms with E-state index in [4.69, 9.17) is 0 Å². The number of rotatable bonds is 10. The summed E-state index contributed by atoms with van der Waals surface area (Å²) >= 11 is 1.67. The minimum Gasteiger partial charge on any atom is -0.320 e. The van der Waals surface area contributed by atoms with Crippen LogP contribution < -0.4 is 10.0 Å². The lowest BCUT2D eigenvalue weighted by Crippen LogP contribution is -2.37. The molecule has 0 heterocycles. The minimum absolute atomic E-state index is 0.0734. The van der Waals surface area contributed by atoms with Crippen LogP contribution in [0, 0.1) is 0 Å². The third-order valence-corrected chi connectivity index (χ3v) is 4.55. The fourth-order valence-corrected chi connectivity index (χ4v) is 3.63.